The Morgan fingerprint density at radius 2 is 1.64 bits per heavy atom. The van der Waals surface area contributed by atoms with Crippen LogP contribution in [-0.4, -0.2) is 28.9 Å². The second-order valence-electron chi connectivity index (χ2n) is 6.00. The van der Waals surface area contributed by atoms with Crippen LogP contribution in [0.2, 0.25) is 0 Å². The minimum Gasteiger partial charge on any atom is -0.453 e. The highest BCUT2D eigenvalue weighted by atomic mass is 16.3. The number of fused-ring (bicyclic) bond motifs is 1. The number of aliphatic imine (C=N–C) groups is 1. The summed E-state index contributed by atoms with van der Waals surface area (Å²) in [5.41, 5.74) is 4.07. The quantitative estimate of drug-likeness (QED) is 0.600. The molecule has 0 radical (unpaired) electrons. The normalized spacial score (nSPS) is 13.8. The molecule has 5 nitrogen and oxygen atoms in total. The summed E-state index contributed by atoms with van der Waals surface area (Å²) in [6.07, 6.45) is 0. The molecule has 0 atom stereocenters. The van der Waals surface area contributed by atoms with E-state index < -0.39 is 0 Å². The van der Waals surface area contributed by atoms with E-state index in [1.165, 1.54) is 0 Å². The van der Waals surface area contributed by atoms with Gasteiger partial charge < -0.3 is 14.7 Å². The van der Waals surface area contributed by atoms with Crippen molar-refractivity contribution in [3.63, 3.8) is 0 Å². The molecule has 2 aromatic carbocycles. The van der Waals surface area contributed by atoms with Crippen LogP contribution in [0, 0.1) is 0 Å². The lowest BCUT2D eigenvalue weighted by Crippen LogP contribution is -2.19. The Kier molecular flexibility index (Phi) is 3.16. The molecule has 0 fully saturated rings. The predicted molar refractivity (Wildman–Crippen MR) is 98.6 cm³/mol. The highest BCUT2D eigenvalue weighted by Crippen LogP contribution is 2.28. The molecule has 2 N–H and O–H groups in total. The smallest absolute Gasteiger partial charge is 0.174 e. The van der Waals surface area contributed by atoms with Crippen LogP contribution < -0.4 is 5.32 Å². The van der Waals surface area contributed by atoms with Gasteiger partial charge in [0.15, 0.2) is 11.6 Å². The fourth-order valence-electron chi connectivity index (χ4n) is 3.07. The first-order valence-corrected chi connectivity index (χ1v) is 8.31. The van der Waals surface area contributed by atoms with Gasteiger partial charge in [0.1, 0.15) is 11.6 Å². The molecular weight excluding hydrogens is 312 g/mol. The Bertz CT molecular complexity index is 1040. The van der Waals surface area contributed by atoms with Gasteiger partial charge in [-0.3, -0.25) is 4.99 Å². The van der Waals surface area contributed by atoms with Gasteiger partial charge in [0.2, 0.25) is 0 Å². The largest absolute Gasteiger partial charge is 0.453 e. The molecule has 122 valence electrons. The molecule has 0 saturated carbocycles. The fraction of sp³-hybridized carbons (Fsp3) is 0.100. The number of para-hydroxylation sites is 2. The van der Waals surface area contributed by atoms with E-state index in [0.29, 0.717) is 0 Å². The number of H-pyrrole nitrogens is 1. The van der Waals surface area contributed by atoms with Gasteiger partial charge in [-0.1, -0.05) is 36.4 Å². The SMILES string of the molecule is c1ccc2[nH]c(-c3ccc(-c4ccc(C5=NCCN5)cc4)o3)nc2c1. The standard InChI is InChI=1S/C20H16N4O/c1-2-4-16-15(3-1)23-20(24-16)18-10-9-17(25-18)13-5-7-14(8-6-13)19-21-11-12-22-19/h1-10H,11-12H2,(H,21,22)(H,23,24). The summed E-state index contributed by atoms with van der Waals surface area (Å²) < 4.78 is 6.01. The lowest BCUT2D eigenvalue weighted by atomic mass is 10.1. The van der Waals surface area contributed by atoms with Crippen LogP contribution in [0.4, 0.5) is 0 Å². The van der Waals surface area contributed by atoms with Crippen LogP contribution in [0.3, 0.4) is 0 Å². The molecule has 0 saturated heterocycles. The third-order valence-electron chi connectivity index (χ3n) is 4.35. The van der Waals surface area contributed by atoms with Crippen LogP contribution in [0.25, 0.3) is 33.9 Å². The van der Waals surface area contributed by atoms with Crippen molar-refractivity contribution in [1.29, 1.82) is 0 Å². The van der Waals surface area contributed by atoms with E-state index in [2.05, 4.69) is 44.5 Å². The topological polar surface area (TPSA) is 66.2 Å². The summed E-state index contributed by atoms with van der Waals surface area (Å²) in [6, 6.07) is 20.1. The molecule has 1 aliphatic heterocycles. The number of aromatic nitrogens is 2. The zero-order valence-corrected chi connectivity index (χ0v) is 13.5. The number of aromatic amines is 1. The van der Waals surface area contributed by atoms with E-state index in [1.54, 1.807) is 0 Å². The molecule has 4 aromatic rings. The van der Waals surface area contributed by atoms with Gasteiger partial charge in [0.05, 0.1) is 17.6 Å². The van der Waals surface area contributed by atoms with Crippen molar-refractivity contribution in [3.05, 3.63) is 66.2 Å². The molecule has 1 aliphatic rings. The molecule has 0 unspecified atom stereocenters. The average Bonchev–Trinajstić information content (AvgIpc) is 3.41. The van der Waals surface area contributed by atoms with Crippen LogP contribution in [0.5, 0.6) is 0 Å². The summed E-state index contributed by atoms with van der Waals surface area (Å²) in [5, 5.41) is 3.28. The molecule has 0 bridgehead atoms. The summed E-state index contributed by atoms with van der Waals surface area (Å²) in [6.45, 7) is 1.76. The summed E-state index contributed by atoms with van der Waals surface area (Å²) in [4.78, 5) is 12.3. The van der Waals surface area contributed by atoms with Crippen LogP contribution in [-0.2, 0) is 0 Å². The second-order valence-corrected chi connectivity index (χ2v) is 6.00. The number of amidine groups is 1. The van der Waals surface area contributed by atoms with Gasteiger partial charge >= 0.3 is 0 Å². The molecule has 25 heavy (non-hydrogen) atoms. The van der Waals surface area contributed by atoms with Crippen molar-refractivity contribution in [2.75, 3.05) is 13.1 Å². The van der Waals surface area contributed by atoms with E-state index in [4.69, 9.17) is 4.42 Å². The van der Waals surface area contributed by atoms with E-state index >= 15 is 0 Å². The molecule has 0 amide bonds. The van der Waals surface area contributed by atoms with E-state index in [-0.39, 0.29) is 0 Å². The number of imidazole rings is 1. The van der Waals surface area contributed by atoms with Crippen molar-refractivity contribution in [2.24, 2.45) is 4.99 Å². The highest BCUT2D eigenvalue weighted by Gasteiger charge is 2.12. The zero-order valence-electron chi connectivity index (χ0n) is 13.5. The lowest BCUT2D eigenvalue weighted by molar-refractivity contribution is 0.593. The number of nitrogens with one attached hydrogen (secondary N) is 2. The van der Waals surface area contributed by atoms with Crippen molar-refractivity contribution in [3.8, 4) is 22.9 Å². The molecule has 2 aromatic heterocycles. The van der Waals surface area contributed by atoms with Crippen molar-refractivity contribution in [1.82, 2.24) is 15.3 Å². The Morgan fingerprint density at radius 1 is 0.840 bits per heavy atom. The summed E-state index contributed by atoms with van der Waals surface area (Å²) >= 11 is 0. The molecule has 3 heterocycles. The first-order chi connectivity index (χ1) is 12.4. The monoisotopic (exact) mass is 328 g/mol. The Balaban J connectivity index is 1.45. The maximum Gasteiger partial charge on any atom is 0.174 e. The van der Waals surface area contributed by atoms with Gasteiger partial charge in [-0.25, -0.2) is 4.98 Å². The number of furan rings is 1. The lowest BCUT2D eigenvalue weighted by Gasteiger charge is -2.03. The maximum absolute atomic E-state index is 6.01. The van der Waals surface area contributed by atoms with Gasteiger partial charge in [0, 0.05) is 17.7 Å². The first-order valence-electron chi connectivity index (χ1n) is 8.31. The number of rotatable bonds is 3. The Hall–Kier alpha value is -3.34. The van der Waals surface area contributed by atoms with Gasteiger partial charge in [-0.2, -0.15) is 0 Å². The minimum absolute atomic E-state index is 0.733. The van der Waals surface area contributed by atoms with E-state index in [1.807, 2.05) is 36.4 Å². The maximum atomic E-state index is 6.01. The molecule has 5 rings (SSSR count). The van der Waals surface area contributed by atoms with Crippen molar-refractivity contribution >= 4 is 16.9 Å². The first kappa shape index (κ1) is 14.0. The fourth-order valence-corrected chi connectivity index (χ4v) is 3.07. The Morgan fingerprint density at radius 3 is 2.44 bits per heavy atom. The minimum atomic E-state index is 0.733. The van der Waals surface area contributed by atoms with Crippen LogP contribution >= 0.6 is 0 Å². The molecule has 5 heteroatoms. The highest BCUT2D eigenvalue weighted by molar-refractivity contribution is 6.00. The van der Waals surface area contributed by atoms with Gasteiger partial charge in [-0.15, -0.1) is 0 Å². The molecule has 0 spiro atoms. The number of hydrogen-bond acceptors (Lipinski definition) is 4. The third-order valence-corrected chi connectivity index (χ3v) is 4.35. The Labute approximate surface area is 144 Å². The molecular formula is C20H16N4O. The van der Waals surface area contributed by atoms with Crippen LogP contribution in [0.1, 0.15) is 5.56 Å². The number of nitrogens with zero attached hydrogens (tertiary/aromatic N) is 2. The van der Waals surface area contributed by atoms with Crippen LogP contribution in [0.15, 0.2) is 70.1 Å². The predicted octanol–water partition coefficient (Wildman–Crippen LogP) is 3.84. The zero-order chi connectivity index (χ0) is 16.6. The van der Waals surface area contributed by atoms with Gasteiger partial charge in [-0.05, 0) is 24.3 Å². The van der Waals surface area contributed by atoms with E-state index in [0.717, 1.165) is 58.4 Å². The van der Waals surface area contributed by atoms with Gasteiger partial charge in [0.25, 0.3) is 0 Å². The van der Waals surface area contributed by atoms with E-state index in [9.17, 15) is 0 Å². The van der Waals surface area contributed by atoms with Crippen molar-refractivity contribution in [2.45, 2.75) is 0 Å². The number of hydrogen-bond donors (Lipinski definition) is 2. The number of benzene rings is 2. The third kappa shape index (κ3) is 2.50. The molecule has 0 aliphatic carbocycles. The summed E-state index contributed by atoms with van der Waals surface area (Å²) in [7, 11) is 0. The summed E-state index contributed by atoms with van der Waals surface area (Å²) in [5.74, 6) is 3.27. The average molecular weight is 328 g/mol. The second kappa shape index (κ2) is 5.63. The van der Waals surface area contributed by atoms with Crippen molar-refractivity contribution < 1.29 is 4.42 Å².